The zero-order chi connectivity index (χ0) is 12.5. The Hall–Kier alpha value is -0.590. The maximum atomic E-state index is 5.64. The Labute approximate surface area is 107 Å². The lowest BCUT2D eigenvalue weighted by Crippen LogP contribution is -2.09. The second-order valence-corrected chi connectivity index (χ2v) is 4.72. The van der Waals surface area contributed by atoms with E-state index in [2.05, 4.69) is 21.7 Å². The van der Waals surface area contributed by atoms with Gasteiger partial charge in [0.25, 0.3) is 0 Å². The van der Waals surface area contributed by atoms with Gasteiger partial charge in [-0.2, -0.15) is 0 Å². The van der Waals surface area contributed by atoms with Gasteiger partial charge in [0.2, 0.25) is 0 Å². The average Bonchev–Trinajstić information content (AvgIpc) is 2.72. The van der Waals surface area contributed by atoms with E-state index in [0.29, 0.717) is 6.54 Å². The SMILES string of the molecule is CCCn1c(CN)nnc1SCCCOCC. The molecule has 1 heterocycles. The van der Waals surface area contributed by atoms with Crippen molar-refractivity contribution in [1.82, 2.24) is 14.8 Å². The summed E-state index contributed by atoms with van der Waals surface area (Å²) >= 11 is 1.73. The van der Waals surface area contributed by atoms with E-state index >= 15 is 0 Å². The molecule has 0 saturated heterocycles. The Balaban J connectivity index is 2.43. The van der Waals surface area contributed by atoms with Gasteiger partial charge in [-0.1, -0.05) is 18.7 Å². The molecule has 0 unspecified atom stereocenters. The molecule has 0 amide bonds. The van der Waals surface area contributed by atoms with Crippen LogP contribution in [0.25, 0.3) is 0 Å². The summed E-state index contributed by atoms with van der Waals surface area (Å²) in [6, 6.07) is 0. The van der Waals surface area contributed by atoms with Crippen LogP contribution in [0.2, 0.25) is 0 Å². The summed E-state index contributed by atoms with van der Waals surface area (Å²) in [7, 11) is 0. The van der Waals surface area contributed by atoms with Gasteiger partial charge in [0.05, 0.1) is 6.54 Å². The molecule has 0 fully saturated rings. The molecule has 2 N–H and O–H groups in total. The second kappa shape index (κ2) is 8.49. The predicted molar refractivity (Wildman–Crippen MR) is 70.0 cm³/mol. The third-order valence-corrected chi connectivity index (χ3v) is 3.34. The molecule has 0 radical (unpaired) electrons. The molecule has 1 rings (SSSR count). The van der Waals surface area contributed by atoms with E-state index in [0.717, 1.165) is 49.3 Å². The van der Waals surface area contributed by atoms with E-state index in [1.807, 2.05) is 6.92 Å². The van der Waals surface area contributed by atoms with Gasteiger partial charge in [0, 0.05) is 25.5 Å². The van der Waals surface area contributed by atoms with Crippen molar-refractivity contribution < 1.29 is 4.74 Å². The van der Waals surface area contributed by atoms with Crippen molar-refractivity contribution in [3.63, 3.8) is 0 Å². The lowest BCUT2D eigenvalue weighted by molar-refractivity contribution is 0.149. The standard InChI is InChI=1S/C11H22N4OS/c1-3-6-15-10(9-12)13-14-11(15)17-8-5-7-16-4-2/h3-9,12H2,1-2H3. The highest BCUT2D eigenvalue weighted by molar-refractivity contribution is 7.99. The van der Waals surface area contributed by atoms with E-state index in [1.54, 1.807) is 11.8 Å². The van der Waals surface area contributed by atoms with E-state index in [-0.39, 0.29) is 0 Å². The molecule has 0 aromatic carbocycles. The number of rotatable bonds is 9. The molecule has 5 nitrogen and oxygen atoms in total. The first kappa shape index (κ1) is 14.5. The molecular formula is C11H22N4OS. The van der Waals surface area contributed by atoms with Gasteiger partial charge in [-0.15, -0.1) is 10.2 Å². The Morgan fingerprint density at radius 2 is 2.18 bits per heavy atom. The maximum absolute atomic E-state index is 5.64. The summed E-state index contributed by atoms with van der Waals surface area (Å²) in [6.07, 6.45) is 2.10. The van der Waals surface area contributed by atoms with Gasteiger partial charge in [-0.3, -0.25) is 0 Å². The summed E-state index contributed by atoms with van der Waals surface area (Å²) in [5.74, 6) is 1.88. The lowest BCUT2D eigenvalue weighted by Gasteiger charge is -2.07. The molecule has 0 atom stereocenters. The van der Waals surface area contributed by atoms with E-state index in [1.165, 1.54) is 0 Å². The first-order valence-electron chi connectivity index (χ1n) is 6.16. The van der Waals surface area contributed by atoms with Crippen molar-refractivity contribution in [2.45, 2.75) is 44.9 Å². The average molecular weight is 258 g/mol. The predicted octanol–water partition coefficient (Wildman–Crippen LogP) is 1.67. The molecule has 17 heavy (non-hydrogen) atoms. The van der Waals surface area contributed by atoms with Crippen LogP contribution in [0.1, 0.15) is 32.5 Å². The molecule has 98 valence electrons. The van der Waals surface area contributed by atoms with E-state index in [4.69, 9.17) is 10.5 Å². The first-order valence-corrected chi connectivity index (χ1v) is 7.14. The number of ether oxygens (including phenoxy) is 1. The highest BCUT2D eigenvalue weighted by Gasteiger charge is 2.09. The number of nitrogens with two attached hydrogens (primary N) is 1. The number of aromatic nitrogens is 3. The van der Waals surface area contributed by atoms with Crippen LogP contribution >= 0.6 is 11.8 Å². The van der Waals surface area contributed by atoms with Crippen LogP contribution in [-0.4, -0.2) is 33.7 Å². The molecule has 0 aliphatic rings. The molecular weight excluding hydrogens is 236 g/mol. The number of hydrogen-bond donors (Lipinski definition) is 1. The third kappa shape index (κ3) is 4.65. The van der Waals surface area contributed by atoms with Crippen molar-refractivity contribution in [1.29, 1.82) is 0 Å². The quantitative estimate of drug-likeness (QED) is 0.539. The molecule has 0 saturated carbocycles. The maximum Gasteiger partial charge on any atom is 0.191 e. The molecule has 0 aliphatic carbocycles. The number of hydrogen-bond acceptors (Lipinski definition) is 5. The largest absolute Gasteiger partial charge is 0.382 e. The molecule has 1 aromatic rings. The first-order chi connectivity index (χ1) is 8.33. The fraction of sp³-hybridized carbons (Fsp3) is 0.818. The minimum absolute atomic E-state index is 0.451. The molecule has 1 aromatic heterocycles. The minimum atomic E-state index is 0.451. The van der Waals surface area contributed by atoms with Crippen molar-refractivity contribution in [3.8, 4) is 0 Å². The van der Waals surface area contributed by atoms with Crippen LogP contribution in [0.15, 0.2) is 5.16 Å². The molecule has 6 heteroatoms. The smallest absolute Gasteiger partial charge is 0.191 e. The fourth-order valence-electron chi connectivity index (χ4n) is 1.49. The third-order valence-electron chi connectivity index (χ3n) is 2.29. The summed E-state index contributed by atoms with van der Waals surface area (Å²) < 4.78 is 7.42. The Bertz CT molecular complexity index is 316. The summed E-state index contributed by atoms with van der Waals surface area (Å²) in [6.45, 7) is 7.14. The Morgan fingerprint density at radius 3 is 2.82 bits per heavy atom. The number of nitrogens with zero attached hydrogens (tertiary/aromatic N) is 3. The van der Waals surface area contributed by atoms with Crippen molar-refractivity contribution >= 4 is 11.8 Å². The Morgan fingerprint density at radius 1 is 1.35 bits per heavy atom. The summed E-state index contributed by atoms with van der Waals surface area (Å²) in [5.41, 5.74) is 5.64. The zero-order valence-corrected chi connectivity index (χ0v) is 11.5. The van der Waals surface area contributed by atoms with Crippen molar-refractivity contribution in [2.24, 2.45) is 5.73 Å². The van der Waals surface area contributed by atoms with Crippen molar-refractivity contribution in [3.05, 3.63) is 5.82 Å². The van der Waals surface area contributed by atoms with Gasteiger partial charge in [0.15, 0.2) is 5.16 Å². The fourth-order valence-corrected chi connectivity index (χ4v) is 2.39. The summed E-state index contributed by atoms with van der Waals surface area (Å²) in [4.78, 5) is 0. The summed E-state index contributed by atoms with van der Waals surface area (Å²) in [5, 5.41) is 9.26. The van der Waals surface area contributed by atoms with Crippen LogP contribution in [0.5, 0.6) is 0 Å². The highest BCUT2D eigenvalue weighted by atomic mass is 32.2. The van der Waals surface area contributed by atoms with Gasteiger partial charge in [-0.25, -0.2) is 0 Å². The van der Waals surface area contributed by atoms with Crippen LogP contribution < -0.4 is 5.73 Å². The molecule has 0 bridgehead atoms. The van der Waals surface area contributed by atoms with Gasteiger partial charge in [0.1, 0.15) is 5.82 Å². The monoisotopic (exact) mass is 258 g/mol. The van der Waals surface area contributed by atoms with Gasteiger partial charge in [-0.05, 0) is 19.8 Å². The highest BCUT2D eigenvalue weighted by Crippen LogP contribution is 2.18. The van der Waals surface area contributed by atoms with Crippen LogP contribution in [0, 0.1) is 0 Å². The van der Waals surface area contributed by atoms with Gasteiger partial charge < -0.3 is 15.0 Å². The Kier molecular flexibility index (Phi) is 7.23. The molecule has 0 aliphatic heterocycles. The topological polar surface area (TPSA) is 66.0 Å². The minimum Gasteiger partial charge on any atom is -0.382 e. The normalized spacial score (nSPS) is 11.0. The zero-order valence-electron chi connectivity index (χ0n) is 10.7. The van der Waals surface area contributed by atoms with E-state index in [9.17, 15) is 0 Å². The van der Waals surface area contributed by atoms with Crippen LogP contribution in [0.3, 0.4) is 0 Å². The van der Waals surface area contributed by atoms with Crippen LogP contribution in [-0.2, 0) is 17.8 Å². The van der Waals surface area contributed by atoms with Gasteiger partial charge >= 0.3 is 0 Å². The molecule has 0 spiro atoms. The van der Waals surface area contributed by atoms with Crippen molar-refractivity contribution in [2.75, 3.05) is 19.0 Å². The lowest BCUT2D eigenvalue weighted by atomic mass is 10.4. The van der Waals surface area contributed by atoms with E-state index < -0.39 is 0 Å². The second-order valence-electron chi connectivity index (χ2n) is 3.65. The van der Waals surface area contributed by atoms with Crippen LogP contribution in [0.4, 0.5) is 0 Å². The number of thioether (sulfide) groups is 1.